The normalized spacial score (nSPS) is 11.8. The lowest BCUT2D eigenvalue weighted by Crippen LogP contribution is -2.34. The van der Waals surface area contributed by atoms with Gasteiger partial charge in [-0.15, -0.1) is 0 Å². The first kappa shape index (κ1) is 16.2. The summed E-state index contributed by atoms with van der Waals surface area (Å²) >= 11 is 0. The molecule has 0 aliphatic carbocycles. The fourth-order valence-electron chi connectivity index (χ4n) is 1.29. The number of hydrogen-bond acceptors (Lipinski definition) is 3. The van der Waals surface area contributed by atoms with Crippen molar-refractivity contribution in [3.05, 3.63) is 0 Å². The Morgan fingerprint density at radius 3 is 2.71 bits per heavy atom. The van der Waals surface area contributed by atoms with E-state index < -0.39 is 0 Å². The Hall–Kier alpha value is -0.810. The van der Waals surface area contributed by atoms with E-state index in [0.717, 1.165) is 13.0 Å². The zero-order chi connectivity index (χ0) is 12.8. The van der Waals surface area contributed by atoms with Gasteiger partial charge in [-0.3, -0.25) is 4.99 Å². The van der Waals surface area contributed by atoms with E-state index >= 15 is 0 Å². The number of nitrogens with zero attached hydrogens (tertiary/aromatic N) is 1. The highest BCUT2D eigenvalue weighted by molar-refractivity contribution is 5.77. The highest BCUT2D eigenvalue weighted by Gasteiger charge is 1.92. The maximum Gasteiger partial charge on any atom is 0.188 e. The van der Waals surface area contributed by atoms with Crippen LogP contribution in [0.5, 0.6) is 0 Å². The third-order valence-corrected chi connectivity index (χ3v) is 2.28. The fourth-order valence-corrected chi connectivity index (χ4v) is 1.29. The predicted octanol–water partition coefficient (Wildman–Crippen LogP) is 1.13. The number of guanidine groups is 1. The zero-order valence-electron chi connectivity index (χ0n) is 11.2. The first-order valence-corrected chi connectivity index (χ1v) is 6.41. The summed E-state index contributed by atoms with van der Waals surface area (Å²) in [6.07, 6.45) is 4.86. The van der Waals surface area contributed by atoms with Gasteiger partial charge < -0.3 is 20.5 Å². The number of rotatable bonds is 11. The quantitative estimate of drug-likeness (QED) is 0.325. The van der Waals surface area contributed by atoms with Gasteiger partial charge in [-0.05, 0) is 6.42 Å². The lowest BCUT2D eigenvalue weighted by atomic mass is 10.2. The molecule has 102 valence electrons. The summed E-state index contributed by atoms with van der Waals surface area (Å²) in [5.74, 6) is 0.511. The Balaban J connectivity index is 3.26. The first-order chi connectivity index (χ1) is 8.31. The maximum absolute atomic E-state index is 5.69. The van der Waals surface area contributed by atoms with Gasteiger partial charge in [0.15, 0.2) is 5.96 Å². The van der Waals surface area contributed by atoms with E-state index in [1.165, 1.54) is 19.3 Å². The number of ether oxygens (including phenoxy) is 2. The molecule has 0 aromatic carbocycles. The molecule has 0 aromatic rings. The fraction of sp³-hybridized carbons (Fsp3) is 0.917. The second-order valence-electron chi connectivity index (χ2n) is 3.86. The minimum Gasteiger partial charge on any atom is -0.382 e. The lowest BCUT2D eigenvalue weighted by molar-refractivity contribution is 0.0734. The van der Waals surface area contributed by atoms with Crippen molar-refractivity contribution in [3.8, 4) is 0 Å². The molecule has 0 amide bonds. The Morgan fingerprint density at radius 1 is 1.18 bits per heavy atom. The summed E-state index contributed by atoms with van der Waals surface area (Å²) < 4.78 is 10.1. The van der Waals surface area contributed by atoms with Gasteiger partial charge in [0.25, 0.3) is 0 Å². The molecule has 0 saturated heterocycles. The van der Waals surface area contributed by atoms with Crippen molar-refractivity contribution in [2.75, 3.05) is 40.0 Å². The number of methoxy groups -OCH3 is 1. The molecule has 0 saturated carbocycles. The second kappa shape index (κ2) is 13.3. The molecule has 0 atom stereocenters. The van der Waals surface area contributed by atoms with Gasteiger partial charge in [-0.1, -0.05) is 26.2 Å². The Bertz CT molecular complexity index is 187. The van der Waals surface area contributed by atoms with Gasteiger partial charge in [0, 0.05) is 20.2 Å². The van der Waals surface area contributed by atoms with Crippen molar-refractivity contribution < 1.29 is 9.47 Å². The molecular weight excluding hydrogens is 218 g/mol. The van der Waals surface area contributed by atoms with Crippen molar-refractivity contribution in [1.82, 2.24) is 5.32 Å². The van der Waals surface area contributed by atoms with Gasteiger partial charge in [-0.2, -0.15) is 0 Å². The van der Waals surface area contributed by atoms with E-state index in [-0.39, 0.29) is 0 Å². The highest BCUT2D eigenvalue weighted by atomic mass is 16.5. The summed E-state index contributed by atoms with van der Waals surface area (Å²) in [4.78, 5) is 4.23. The van der Waals surface area contributed by atoms with Gasteiger partial charge in [0.1, 0.15) is 0 Å². The summed E-state index contributed by atoms with van der Waals surface area (Å²) in [7, 11) is 1.66. The number of nitrogens with one attached hydrogen (secondary N) is 1. The summed E-state index contributed by atoms with van der Waals surface area (Å²) in [5, 5.41) is 3.01. The van der Waals surface area contributed by atoms with E-state index in [0.29, 0.717) is 32.3 Å². The van der Waals surface area contributed by atoms with Crippen LogP contribution in [0.2, 0.25) is 0 Å². The predicted molar refractivity (Wildman–Crippen MR) is 71.3 cm³/mol. The molecule has 0 aliphatic rings. The molecule has 0 aliphatic heterocycles. The third-order valence-electron chi connectivity index (χ3n) is 2.28. The first-order valence-electron chi connectivity index (χ1n) is 6.41. The van der Waals surface area contributed by atoms with Crippen LogP contribution in [0.3, 0.4) is 0 Å². The average Bonchev–Trinajstić information content (AvgIpc) is 2.33. The van der Waals surface area contributed by atoms with Crippen molar-refractivity contribution in [3.63, 3.8) is 0 Å². The minimum atomic E-state index is 0.511. The maximum atomic E-state index is 5.69. The third kappa shape index (κ3) is 13.1. The zero-order valence-corrected chi connectivity index (χ0v) is 11.2. The van der Waals surface area contributed by atoms with Crippen molar-refractivity contribution in [2.24, 2.45) is 10.7 Å². The number of aliphatic imine (C=N–C) groups is 1. The smallest absolute Gasteiger partial charge is 0.188 e. The molecule has 0 bridgehead atoms. The van der Waals surface area contributed by atoms with Crippen LogP contribution in [-0.4, -0.2) is 46.0 Å². The Labute approximate surface area is 105 Å². The van der Waals surface area contributed by atoms with Crippen LogP contribution < -0.4 is 11.1 Å². The molecule has 0 fully saturated rings. The van der Waals surface area contributed by atoms with Crippen LogP contribution >= 0.6 is 0 Å². The monoisotopic (exact) mass is 245 g/mol. The van der Waals surface area contributed by atoms with Crippen molar-refractivity contribution >= 4 is 5.96 Å². The van der Waals surface area contributed by atoms with E-state index in [2.05, 4.69) is 17.2 Å². The SMILES string of the molecule is CCCCCCN=C(N)NCCOCCOC. The number of unbranched alkanes of at least 4 members (excludes halogenated alkanes) is 3. The van der Waals surface area contributed by atoms with Gasteiger partial charge in [0.05, 0.1) is 19.8 Å². The molecule has 17 heavy (non-hydrogen) atoms. The van der Waals surface area contributed by atoms with Crippen LogP contribution in [0.1, 0.15) is 32.6 Å². The largest absolute Gasteiger partial charge is 0.382 e. The molecule has 0 aromatic heterocycles. The standard InChI is InChI=1S/C12H27N3O2/c1-3-4-5-6-7-14-12(13)15-8-9-17-11-10-16-2/h3-11H2,1-2H3,(H3,13,14,15). The van der Waals surface area contributed by atoms with Gasteiger partial charge in [-0.25, -0.2) is 0 Å². The molecular formula is C12H27N3O2. The minimum absolute atomic E-state index is 0.511. The Kier molecular flexibility index (Phi) is 12.6. The second-order valence-corrected chi connectivity index (χ2v) is 3.86. The number of hydrogen-bond donors (Lipinski definition) is 2. The lowest BCUT2D eigenvalue weighted by Gasteiger charge is -2.06. The molecule has 5 nitrogen and oxygen atoms in total. The highest BCUT2D eigenvalue weighted by Crippen LogP contribution is 1.98. The average molecular weight is 245 g/mol. The van der Waals surface area contributed by atoms with Crippen LogP contribution in [0.4, 0.5) is 0 Å². The molecule has 0 rings (SSSR count). The molecule has 0 unspecified atom stereocenters. The van der Waals surface area contributed by atoms with E-state index in [9.17, 15) is 0 Å². The topological polar surface area (TPSA) is 68.9 Å². The van der Waals surface area contributed by atoms with Crippen LogP contribution in [0, 0.1) is 0 Å². The van der Waals surface area contributed by atoms with Crippen LogP contribution in [-0.2, 0) is 9.47 Å². The van der Waals surface area contributed by atoms with E-state index in [4.69, 9.17) is 15.2 Å². The molecule has 0 radical (unpaired) electrons. The number of nitrogens with two attached hydrogens (primary N) is 1. The van der Waals surface area contributed by atoms with Crippen molar-refractivity contribution in [2.45, 2.75) is 32.6 Å². The van der Waals surface area contributed by atoms with E-state index in [1.807, 2.05) is 0 Å². The van der Waals surface area contributed by atoms with E-state index in [1.54, 1.807) is 7.11 Å². The molecule has 0 heterocycles. The van der Waals surface area contributed by atoms with Crippen LogP contribution in [0.25, 0.3) is 0 Å². The summed E-state index contributed by atoms with van der Waals surface area (Å²) in [6, 6.07) is 0. The molecule has 5 heteroatoms. The van der Waals surface area contributed by atoms with Crippen molar-refractivity contribution in [1.29, 1.82) is 0 Å². The summed E-state index contributed by atoms with van der Waals surface area (Å²) in [5.41, 5.74) is 5.69. The molecule has 0 spiro atoms. The molecule has 3 N–H and O–H groups in total. The van der Waals surface area contributed by atoms with Crippen LogP contribution in [0.15, 0.2) is 4.99 Å². The van der Waals surface area contributed by atoms with Gasteiger partial charge in [0.2, 0.25) is 0 Å². The van der Waals surface area contributed by atoms with Gasteiger partial charge >= 0.3 is 0 Å². The summed E-state index contributed by atoms with van der Waals surface area (Å²) in [6.45, 7) is 5.56. The Morgan fingerprint density at radius 2 is 2.00 bits per heavy atom.